The Morgan fingerprint density at radius 3 is 2.83 bits per heavy atom. The summed E-state index contributed by atoms with van der Waals surface area (Å²) < 4.78 is 36.0. The molecule has 0 fully saturated rings. The van der Waals surface area contributed by atoms with Crippen molar-refractivity contribution in [1.82, 2.24) is 24.5 Å². The monoisotopic (exact) mass is 319 g/mol. The highest BCUT2D eigenvalue weighted by molar-refractivity contribution is 5.61. The van der Waals surface area contributed by atoms with E-state index in [1.807, 2.05) is 10.8 Å². The number of aryl methyl sites for hydroxylation is 2. The van der Waals surface area contributed by atoms with Crippen molar-refractivity contribution in [2.45, 2.75) is 19.5 Å². The van der Waals surface area contributed by atoms with Crippen molar-refractivity contribution in [2.24, 2.45) is 0 Å². The van der Waals surface area contributed by atoms with Gasteiger partial charge in [-0.15, -0.1) is 5.10 Å². The first-order valence-electron chi connectivity index (χ1n) is 7.07. The first kappa shape index (κ1) is 15.1. The van der Waals surface area contributed by atoms with Gasteiger partial charge in [0.2, 0.25) is 0 Å². The number of rotatable bonds is 6. The van der Waals surface area contributed by atoms with Crippen LogP contribution < -0.4 is 4.74 Å². The molecule has 0 unspecified atom stereocenters. The van der Waals surface area contributed by atoms with E-state index in [0.717, 1.165) is 19.0 Å². The summed E-state index contributed by atoms with van der Waals surface area (Å²) in [7, 11) is 1.22. The molecule has 3 rings (SSSR count). The number of nitrogens with zero attached hydrogens (tertiary/aromatic N) is 5. The summed E-state index contributed by atoms with van der Waals surface area (Å²) in [5.74, 6) is -1.95. The third kappa shape index (κ3) is 3.20. The van der Waals surface area contributed by atoms with Crippen molar-refractivity contribution >= 4 is 0 Å². The molecule has 0 saturated heterocycles. The van der Waals surface area contributed by atoms with E-state index in [1.54, 1.807) is 23.4 Å². The van der Waals surface area contributed by atoms with Gasteiger partial charge in [0.25, 0.3) is 0 Å². The third-order valence-electron chi connectivity index (χ3n) is 3.43. The summed E-state index contributed by atoms with van der Waals surface area (Å²) >= 11 is 0. The molecule has 8 heteroatoms. The fourth-order valence-electron chi connectivity index (χ4n) is 2.28. The van der Waals surface area contributed by atoms with E-state index < -0.39 is 17.4 Å². The lowest BCUT2D eigenvalue weighted by Crippen LogP contribution is -2.03. The highest BCUT2D eigenvalue weighted by atomic mass is 19.1. The molecular formula is C15H15F2N5O. The maximum atomic E-state index is 14.2. The second kappa shape index (κ2) is 6.55. The van der Waals surface area contributed by atoms with Crippen molar-refractivity contribution in [3.63, 3.8) is 0 Å². The Labute approximate surface area is 131 Å². The van der Waals surface area contributed by atoms with Gasteiger partial charge >= 0.3 is 0 Å². The molecule has 0 spiro atoms. The van der Waals surface area contributed by atoms with Gasteiger partial charge in [0, 0.05) is 31.0 Å². The van der Waals surface area contributed by atoms with Crippen LogP contribution in [0.4, 0.5) is 8.78 Å². The Bertz CT molecular complexity index is 785. The molecule has 0 atom stereocenters. The molecule has 0 radical (unpaired) electrons. The van der Waals surface area contributed by atoms with E-state index >= 15 is 0 Å². The highest BCUT2D eigenvalue weighted by Crippen LogP contribution is 2.30. The lowest BCUT2D eigenvalue weighted by molar-refractivity contribution is 0.360. The summed E-state index contributed by atoms with van der Waals surface area (Å²) in [5.41, 5.74) is 0.493. The lowest BCUT2D eigenvalue weighted by atomic mass is 10.1. The van der Waals surface area contributed by atoms with Crippen molar-refractivity contribution < 1.29 is 13.5 Å². The first-order chi connectivity index (χ1) is 11.2. The second-order valence-corrected chi connectivity index (χ2v) is 4.96. The predicted molar refractivity (Wildman–Crippen MR) is 78.8 cm³/mol. The van der Waals surface area contributed by atoms with Crippen LogP contribution in [0.1, 0.15) is 6.42 Å². The number of hydrogen-bond acceptors (Lipinski definition) is 4. The molecule has 120 valence electrons. The zero-order valence-corrected chi connectivity index (χ0v) is 12.5. The van der Waals surface area contributed by atoms with Crippen LogP contribution in [0.5, 0.6) is 5.75 Å². The summed E-state index contributed by atoms with van der Waals surface area (Å²) in [6, 6.07) is 2.47. The smallest absolute Gasteiger partial charge is 0.191 e. The summed E-state index contributed by atoms with van der Waals surface area (Å²) in [6.45, 7) is 1.43. The van der Waals surface area contributed by atoms with Crippen molar-refractivity contribution in [3.05, 3.63) is 48.7 Å². The van der Waals surface area contributed by atoms with Crippen LogP contribution in [0.2, 0.25) is 0 Å². The number of ether oxygens (including phenoxy) is 1. The molecule has 3 aromatic rings. The van der Waals surface area contributed by atoms with Gasteiger partial charge in [-0.3, -0.25) is 4.68 Å². The number of hydrogen-bond donors (Lipinski definition) is 0. The molecule has 0 aliphatic carbocycles. The van der Waals surface area contributed by atoms with Gasteiger partial charge in [0.1, 0.15) is 5.69 Å². The largest absolute Gasteiger partial charge is 0.491 e. The Morgan fingerprint density at radius 1 is 1.22 bits per heavy atom. The molecule has 6 nitrogen and oxygen atoms in total. The number of halogens is 2. The van der Waals surface area contributed by atoms with Crippen LogP contribution in [0.15, 0.2) is 37.1 Å². The molecule has 0 bridgehead atoms. The van der Waals surface area contributed by atoms with Gasteiger partial charge in [-0.05, 0) is 18.6 Å². The molecule has 1 aromatic carbocycles. The fraction of sp³-hybridized carbons (Fsp3) is 0.267. The van der Waals surface area contributed by atoms with Gasteiger partial charge in [0.05, 0.1) is 19.6 Å². The molecule has 0 saturated carbocycles. The standard InChI is InChI=1S/C15H15F2N5O/c1-23-15-12(16)4-3-11(14(15)17)13-9-22(20-19-13)7-2-6-21-8-5-18-10-21/h3-5,8-10H,2,6-7H2,1H3. The van der Waals surface area contributed by atoms with E-state index in [4.69, 9.17) is 4.74 Å². The van der Waals surface area contributed by atoms with Crippen LogP contribution in [-0.4, -0.2) is 31.7 Å². The van der Waals surface area contributed by atoms with Crippen LogP contribution in [0.3, 0.4) is 0 Å². The zero-order chi connectivity index (χ0) is 16.2. The molecule has 2 aromatic heterocycles. The molecular weight excluding hydrogens is 304 g/mol. The molecule has 0 aliphatic heterocycles. The third-order valence-corrected chi connectivity index (χ3v) is 3.43. The van der Waals surface area contributed by atoms with Gasteiger partial charge in [-0.25, -0.2) is 13.8 Å². The molecule has 0 N–H and O–H groups in total. The molecule has 2 heterocycles. The normalized spacial score (nSPS) is 10.9. The predicted octanol–water partition coefficient (Wildman–Crippen LogP) is 2.52. The quantitative estimate of drug-likeness (QED) is 0.700. The van der Waals surface area contributed by atoms with Gasteiger partial charge in [0.15, 0.2) is 17.4 Å². The fourth-order valence-corrected chi connectivity index (χ4v) is 2.28. The van der Waals surface area contributed by atoms with E-state index in [1.165, 1.54) is 13.2 Å². The van der Waals surface area contributed by atoms with E-state index in [2.05, 4.69) is 15.3 Å². The Morgan fingerprint density at radius 2 is 2.09 bits per heavy atom. The highest BCUT2D eigenvalue weighted by Gasteiger charge is 2.17. The van der Waals surface area contributed by atoms with E-state index in [-0.39, 0.29) is 5.56 Å². The van der Waals surface area contributed by atoms with E-state index in [0.29, 0.717) is 12.2 Å². The van der Waals surface area contributed by atoms with Crippen LogP contribution >= 0.6 is 0 Å². The number of benzene rings is 1. The maximum Gasteiger partial charge on any atom is 0.191 e. The summed E-state index contributed by atoms with van der Waals surface area (Å²) in [4.78, 5) is 3.97. The lowest BCUT2D eigenvalue weighted by Gasteiger charge is -2.06. The number of aromatic nitrogens is 5. The minimum Gasteiger partial charge on any atom is -0.491 e. The van der Waals surface area contributed by atoms with E-state index in [9.17, 15) is 8.78 Å². The van der Waals surface area contributed by atoms with Crippen LogP contribution in [0, 0.1) is 11.6 Å². The Balaban J connectivity index is 1.72. The average Bonchev–Trinajstić information content (AvgIpc) is 3.20. The molecule has 23 heavy (non-hydrogen) atoms. The maximum absolute atomic E-state index is 14.2. The van der Waals surface area contributed by atoms with Crippen molar-refractivity contribution in [3.8, 4) is 17.0 Å². The minimum absolute atomic E-state index is 0.157. The van der Waals surface area contributed by atoms with Gasteiger partial charge < -0.3 is 9.30 Å². The number of methoxy groups -OCH3 is 1. The van der Waals surface area contributed by atoms with Crippen molar-refractivity contribution in [2.75, 3.05) is 7.11 Å². The summed E-state index contributed by atoms with van der Waals surface area (Å²) in [5, 5.41) is 7.91. The Kier molecular flexibility index (Phi) is 4.31. The summed E-state index contributed by atoms with van der Waals surface area (Å²) in [6.07, 6.45) is 7.80. The van der Waals surface area contributed by atoms with Gasteiger partial charge in [-0.2, -0.15) is 0 Å². The van der Waals surface area contributed by atoms with Crippen molar-refractivity contribution in [1.29, 1.82) is 0 Å². The minimum atomic E-state index is -0.780. The SMILES string of the molecule is COc1c(F)ccc(-c2cn(CCCn3ccnc3)nn2)c1F. The van der Waals surface area contributed by atoms with Crippen LogP contribution in [0.25, 0.3) is 11.3 Å². The topological polar surface area (TPSA) is 57.8 Å². The Hall–Kier alpha value is -2.77. The van der Waals surface area contributed by atoms with Gasteiger partial charge in [-0.1, -0.05) is 5.21 Å². The average molecular weight is 319 g/mol. The van der Waals surface area contributed by atoms with Crippen LogP contribution in [-0.2, 0) is 13.1 Å². The zero-order valence-electron chi connectivity index (χ0n) is 12.5. The number of imidazole rings is 1. The molecule has 0 amide bonds. The first-order valence-corrected chi connectivity index (χ1v) is 7.07. The second-order valence-electron chi connectivity index (χ2n) is 4.96. The molecule has 0 aliphatic rings.